The van der Waals surface area contributed by atoms with Gasteiger partial charge in [0.05, 0.1) is 4.47 Å². The molecule has 19 heavy (non-hydrogen) atoms. The molecule has 0 aromatic carbocycles. The Balaban J connectivity index is 2.61. The van der Waals surface area contributed by atoms with Crippen LogP contribution < -0.4 is 10.5 Å². The molecule has 0 aliphatic heterocycles. The lowest BCUT2D eigenvalue weighted by Gasteiger charge is -2.19. The molecule has 1 rings (SSSR count). The maximum Gasteiger partial charge on any atom is 0.404 e. The number of halogens is 2. The zero-order valence-electron chi connectivity index (χ0n) is 10.7. The second-order valence-corrected chi connectivity index (χ2v) is 6.21. The fourth-order valence-electron chi connectivity index (χ4n) is 1.52. The summed E-state index contributed by atoms with van der Waals surface area (Å²) in [6.45, 7) is 4.28. The summed E-state index contributed by atoms with van der Waals surface area (Å²) in [6, 6.07) is 1.83. The summed E-state index contributed by atoms with van der Waals surface area (Å²) in [7, 11) is 0. The van der Waals surface area contributed by atoms with Crippen molar-refractivity contribution in [3.8, 4) is 5.88 Å². The van der Waals surface area contributed by atoms with Gasteiger partial charge in [-0.05, 0) is 50.3 Å². The molecule has 0 unspecified atom stereocenters. The molecule has 0 fully saturated rings. The first-order valence-electron chi connectivity index (χ1n) is 5.78. The van der Waals surface area contributed by atoms with Crippen LogP contribution >= 0.6 is 31.9 Å². The highest BCUT2D eigenvalue weighted by Crippen LogP contribution is 2.25. The van der Waals surface area contributed by atoms with E-state index in [-0.39, 0.29) is 12.7 Å². The summed E-state index contributed by atoms with van der Waals surface area (Å²) in [5.74, 6) is 0.819. The number of nitrogens with zero attached hydrogens (tertiary/aromatic N) is 1. The van der Waals surface area contributed by atoms with Crippen molar-refractivity contribution in [3.63, 3.8) is 0 Å². The van der Waals surface area contributed by atoms with Crippen LogP contribution in [-0.4, -0.2) is 23.8 Å². The number of rotatable bonds is 6. The van der Waals surface area contributed by atoms with Crippen molar-refractivity contribution < 1.29 is 14.3 Å². The van der Waals surface area contributed by atoms with Crippen molar-refractivity contribution in [2.75, 3.05) is 6.61 Å². The third-order valence-electron chi connectivity index (χ3n) is 2.20. The summed E-state index contributed by atoms with van der Waals surface area (Å²) in [5.41, 5.74) is 5.04. The van der Waals surface area contributed by atoms with Crippen molar-refractivity contribution in [3.05, 3.63) is 21.2 Å². The molecule has 0 aliphatic rings. The number of pyridine rings is 1. The number of aromatic nitrogens is 1. The summed E-state index contributed by atoms with van der Waals surface area (Å²) < 4.78 is 12.1. The second-order valence-electron chi connectivity index (χ2n) is 4.44. The summed E-state index contributed by atoms with van der Waals surface area (Å²) in [6.07, 6.45) is 1.13. The standard InChI is InChI=1S/C12H16Br2N2O3/c1-7(2)3-9(19-12(15)17)6-18-11-10(14)4-8(13)5-16-11/h4-5,7,9H,3,6H2,1-2H3,(H2,15,17)/t9-/m0/s1. The number of hydrogen-bond acceptors (Lipinski definition) is 4. The average molecular weight is 396 g/mol. The molecule has 0 radical (unpaired) electrons. The predicted octanol–water partition coefficient (Wildman–Crippen LogP) is 3.50. The Morgan fingerprint density at radius 3 is 2.68 bits per heavy atom. The summed E-state index contributed by atoms with van der Waals surface area (Å²) in [5, 5.41) is 0. The number of ether oxygens (including phenoxy) is 2. The van der Waals surface area contributed by atoms with Crippen LogP contribution in [0.1, 0.15) is 20.3 Å². The maximum absolute atomic E-state index is 10.8. The minimum Gasteiger partial charge on any atom is -0.473 e. The highest BCUT2D eigenvalue weighted by molar-refractivity contribution is 9.11. The van der Waals surface area contributed by atoms with Gasteiger partial charge in [0.2, 0.25) is 5.88 Å². The van der Waals surface area contributed by atoms with Crippen LogP contribution in [0.5, 0.6) is 5.88 Å². The van der Waals surface area contributed by atoms with Gasteiger partial charge in [0.1, 0.15) is 12.7 Å². The zero-order valence-corrected chi connectivity index (χ0v) is 13.9. The molecule has 2 N–H and O–H groups in total. The van der Waals surface area contributed by atoms with Crippen molar-refractivity contribution in [2.45, 2.75) is 26.4 Å². The monoisotopic (exact) mass is 394 g/mol. The van der Waals surface area contributed by atoms with Gasteiger partial charge >= 0.3 is 6.09 Å². The predicted molar refractivity (Wildman–Crippen MR) is 79.0 cm³/mol. The Labute approximate surface area is 129 Å². The van der Waals surface area contributed by atoms with Crippen LogP contribution in [-0.2, 0) is 4.74 Å². The number of hydrogen-bond donors (Lipinski definition) is 1. The SMILES string of the molecule is CC(C)C[C@@H](COc1ncc(Br)cc1Br)OC(N)=O. The lowest BCUT2D eigenvalue weighted by molar-refractivity contribution is 0.0575. The molecule has 0 saturated heterocycles. The molecule has 1 aromatic rings. The van der Waals surface area contributed by atoms with Crippen LogP contribution in [0, 0.1) is 5.92 Å². The normalized spacial score (nSPS) is 12.3. The van der Waals surface area contributed by atoms with E-state index >= 15 is 0 Å². The van der Waals surface area contributed by atoms with Crippen LogP contribution in [0.2, 0.25) is 0 Å². The number of primary amides is 1. The minimum atomic E-state index is -0.794. The van der Waals surface area contributed by atoms with Crippen LogP contribution in [0.15, 0.2) is 21.2 Å². The number of carbonyl (C=O) groups is 1. The quantitative estimate of drug-likeness (QED) is 0.799. The van der Waals surface area contributed by atoms with Gasteiger partial charge in [-0.25, -0.2) is 9.78 Å². The van der Waals surface area contributed by atoms with E-state index in [1.807, 2.05) is 19.9 Å². The lowest BCUT2D eigenvalue weighted by atomic mass is 10.1. The van der Waals surface area contributed by atoms with Gasteiger partial charge in [0.25, 0.3) is 0 Å². The van der Waals surface area contributed by atoms with Gasteiger partial charge in [0, 0.05) is 10.7 Å². The molecule has 1 aromatic heterocycles. The van der Waals surface area contributed by atoms with Crippen molar-refractivity contribution in [1.82, 2.24) is 4.98 Å². The van der Waals surface area contributed by atoms with Crippen molar-refractivity contribution >= 4 is 38.0 Å². The van der Waals surface area contributed by atoms with Gasteiger partial charge in [-0.3, -0.25) is 0 Å². The first-order valence-corrected chi connectivity index (χ1v) is 7.37. The third-order valence-corrected chi connectivity index (χ3v) is 3.20. The van der Waals surface area contributed by atoms with E-state index in [0.29, 0.717) is 18.2 Å². The Kier molecular flexibility index (Phi) is 6.57. The van der Waals surface area contributed by atoms with E-state index in [4.69, 9.17) is 15.2 Å². The molecule has 0 spiro atoms. The van der Waals surface area contributed by atoms with Gasteiger partial charge in [-0.1, -0.05) is 13.8 Å². The molecule has 0 saturated carbocycles. The second kappa shape index (κ2) is 7.69. The van der Waals surface area contributed by atoms with Crippen LogP contribution in [0.4, 0.5) is 4.79 Å². The maximum atomic E-state index is 10.8. The molecular formula is C12H16Br2N2O3. The number of carbonyl (C=O) groups excluding carboxylic acids is 1. The first kappa shape index (κ1) is 16.2. The Morgan fingerprint density at radius 1 is 1.47 bits per heavy atom. The highest BCUT2D eigenvalue weighted by atomic mass is 79.9. The molecule has 5 nitrogen and oxygen atoms in total. The highest BCUT2D eigenvalue weighted by Gasteiger charge is 2.16. The van der Waals surface area contributed by atoms with Gasteiger partial charge in [-0.2, -0.15) is 0 Å². The molecule has 1 atom stereocenters. The third kappa shape index (κ3) is 6.24. The number of nitrogens with two attached hydrogens (primary N) is 1. The fraction of sp³-hybridized carbons (Fsp3) is 0.500. The van der Waals surface area contributed by atoms with Crippen LogP contribution in [0.3, 0.4) is 0 Å². The van der Waals surface area contributed by atoms with E-state index in [1.54, 1.807) is 6.20 Å². The fourth-order valence-corrected chi connectivity index (χ4v) is 2.62. The largest absolute Gasteiger partial charge is 0.473 e. The van der Waals surface area contributed by atoms with Gasteiger partial charge < -0.3 is 15.2 Å². The van der Waals surface area contributed by atoms with Crippen LogP contribution in [0.25, 0.3) is 0 Å². The minimum absolute atomic E-state index is 0.217. The van der Waals surface area contributed by atoms with E-state index in [9.17, 15) is 4.79 Å². The van der Waals surface area contributed by atoms with E-state index < -0.39 is 6.09 Å². The Hall–Kier alpha value is -0.820. The number of amides is 1. The molecule has 1 amide bonds. The molecule has 106 valence electrons. The summed E-state index contributed by atoms with van der Waals surface area (Å²) >= 11 is 6.66. The molecule has 0 bridgehead atoms. The van der Waals surface area contributed by atoms with Gasteiger partial charge in [0.15, 0.2) is 0 Å². The zero-order chi connectivity index (χ0) is 14.4. The Bertz CT molecular complexity index is 441. The van der Waals surface area contributed by atoms with E-state index in [2.05, 4.69) is 36.8 Å². The first-order chi connectivity index (χ1) is 8.88. The molecule has 7 heteroatoms. The van der Waals surface area contributed by atoms with Crippen molar-refractivity contribution in [1.29, 1.82) is 0 Å². The molecule has 0 aliphatic carbocycles. The molecular weight excluding hydrogens is 380 g/mol. The smallest absolute Gasteiger partial charge is 0.404 e. The van der Waals surface area contributed by atoms with Gasteiger partial charge in [-0.15, -0.1) is 0 Å². The topological polar surface area (TPSA) is 74.4 Å². The average Bonchev–Trinajstić information content (AvgIpc) is 2.25. The lowest BCUT2D eigenvalue weighted by Crippen LogP contribution is -2.29. The van der Waals surface area contributed by atoms with E-state index in [1.165, 1.54) is 0 Å². The molecule has 1 heterocycles. The van der Waals surface area contributed by atoms with E-state index in [0.717, 1.165) is 8.95 Å². The summed E-state index contributed by atoms with van der Waals surface area (Å²) in [4.78, 5) is 14.9. The Morgan fingerprint density at radius 2 is 2.16 bits per heavy atom. The van der Waals surface area contributed by atoms with Crippen molar-refractivity contribution in [2.24, 2.45) is 11.7 Å².